The van der Waals surface area contributed by atoms with E-state index in [1.54, 1.807) is 0 Å². The molecule has 3 nitrogen and oxygen atoms in total. The molecule has 2 N–H and O–H groups in total. The zero-order valence-corrected chi connectivity index (χ0v) is 9.30. The Morgan fingerprint density at radius 3 is 1.93 bits per heavy atom. The number of rotatable bonds is 9. The van der Waals surface area contributed by atoms with Crippen LogP contribution in [0, 0.1) is 0 Å². The van der Waals surface area contributed by atoms with Gasteiger partial charge in [-0.05, 0) is 6.42 Å². The van der Waals surface area contributed by atoms with Crippen LogP contribution in [0.5, 0.6) is 0 Å². The van der Waals surface area contributed by atoms with Gasteiger partial charge in [0, 0.05) is 0 Å². The molecule has 14 heavy (non-hydrogen) atoms. The second-order valence-corrected chi connectivity index (χ2v) is 3.97. The van der Waals surface area contributed by atoms with Crippen molar-refractivity contribution in [3.05, 3.63) is 0 Å². The molecule has 0 unspecified atom stereocenters. The van der Waals surface area contributed by atoms with Crippen molar-refractivity contribution in [2.45, 2.75) is 51.9 Å². The fourth-order valence-electron chi connectivity index (χ4n) is 1.21. The van der Waals surface area contributed by atoms with E-state index in [-0.39, 0.29) is 29.6 Å². The summed E-state index contributed by atoms with van der Waals surface area (Å²) in [6.45, 7) is 2.69. The molecule has 0 aromatic rings. The van der Waals surface area contributed by atoms with Crippen molar-refractivity contribution in [3.63, 3.8) is 0 Å². The molecule has 0 aliphatic rings. The third-order valence-electron chi connectivity index (χ3n) is 1.95. The van der Waals surface area contributed by atoms with E-state index in [9.17, 15) is 0 Å². The molecule has 5 heteroatoms. The summed E-state index contributed by atoms with van der Waals surface area (Å²) in [4.78, 5) is 16.8. The fourth-order valence-corrected chi connectivity index (χ4v) is 1.50. The average molecular weight is 232 g/mol. The van der Waals surface area contributed by atoms with Crippen molar-refractivity contribution >= 4 is 38.2 Å². The molecule has 0 heterocycles. The Morgan fingerprint density at radius 2 is 1.43 bits per heavy atom. The van der Waals surface area contributed by atoms with Gasteiger partial charge in [0.15, 0.2) is 0 Å². The zero-order valence-electron chi connectivity index (χ0n) is 8.41. The molecule has 0 atom stereocenters. The van der Waals surface area contributed by atoms with Crippen LogP contribution in [0.1, 0.15) is 51.9 Å². The van der Waals surface area contributed by atoms with E-state index >= 15 is 0 Å². The zero-order chi connectivity index (χ0) is 9.94. The van der Waals surface area contributed by atoms with E-state index in [0.29, 0.717) is 6.61 Å². The van der Waals surface area contributed by atoms with Crippen molar-refractivity contribution < 1.29 is 14.3 Å². The first-order valence-corrected chi connectivity index (χ1v) is 6.24. The summed E-state index contributed by atoms with van der Waals surface area (Å²) in [6.07, 6.45) is 8.53. The first-order valence-electron chi connectivity index (χ1n) is 5.08. The molecule has 82 valence electrons. The van der Waals surface area contributed by atoms with Gasteiger partial charge >= 0.3 is 38.2 Å². The van der Waals surface area contributed by atoms with Gasteiger partial charge in [0.1, 0.15) is 0 Å². The second-order valence-electron chi connectivity index (χ2n) is 3.21. The van der Waals surface area contributed by atoms with Crippen molar-refractivity contribution in [1.82, 2.24) is 0 Å². The molecular weight excluding hydrogens is 210 g/mol. The number of unbranched alkanes of at least 4 members (excludes halogenated alkanes) is 6. The van der Waals surface area contributed by atoms with Crippen LogP contribution < -0.4 is 0 Å². The van der Waals surface area contributed by atoms with Gasteiger partial charge in [-0.25, -0.2) is 0 Å². The minimum absolute atomic E-state index is 0. The van der Waals surface area contributed by atoms with Crippen LogP contribution in [0.15, 0.2) is 0 Å². The normalized spacial score (nSPS) is 10.3. The molecule has 0 fully saturated rings. The molecule has 0 saturated heterocycles. The van der Waals surface area contributed by atoms with Crippen molar-refractivity contribution in [2.75, 3.05) is 6.61 Å². The standard InChI is InChI=1S/C9H21O3P.Na.H/c1-2-3-4-5-6-7-8-9-12-13(10)11;;/h10-11H,2-9H2,1H3;;. The maximum atomic E-state index is 8.42. The molecular formula is C9H22NaO3P. The minimum atomic E-state index is -2.13. The number of hydrogen-bond acceptors (Lipinski definition) is 3. The van der Waals surface area contributed by atoms with Gasteiger partial charge in [-0.15, -0.1) is 0 Å². The Bertz CT molecular complexity index is 104. The van der Waals surface area contributed by atoms with E-state index in [1.165, 1.54) is 32.1 Å². The average Bonchev–Trinajstić information content (AvgIpc) is 2.09. The third-order valence-corrected chi connectivity index (χ3v) is 2.37. The summed E-state index contributed by atoms with van der Waals surface area (Å²) >= 11 is 0. The Morgan fingerprint density at radius 1 is 0.929 bits per heavy atom. The van der Waals surface area contributed by atoms with E-state index in [2.05, 4.69) is 11.4 Å². The van der Waals surface area contributed by atoms with Gasteiger partial charge in [-0.1, -0.05) is 45.4 Å². The van der Waals surface area contributed by atoms with Crippen LogP contribution in [0.3, 0.4) is 0 Å². The Labute approximate surface area is 111 Å². The molecule has 0 aliphatic heterocycles. The van der Waals surface area contributed by atoms with Gasteiger partial charge in [0.05, 0.1) is 6.61 Å². The first-order chi connectivity index (χ1) is 6.27. The molecule has 0 amide bonds. The Kier molecular flexibility index (Phi) is 18.1. The van der Waals surface area contributed by atoms with E-state index in [0.717, 1.165) is 12.8 Å². The SMILES string of the molecule is CCCCCCCCCOP(O)O.[NaH]. The van der Waals surface area contributed by atoms with Gasteiger partial charge in [-0.3, -0.25) is 0 Å². The van der Waals surface area contributed by atoms with Crippen LogP contribution in [-0.4, -0.2) is 46.0 Å². The van der Waals surface area contributed by atoms with Gasteiger partial charge in [0.25, 0.3) is 0 Å². The Hall–Kier alpha value is 1.31. The predicted molar refractivity (Wildman–Crippen MR) is 62.5 cm³/mol. The third kappa shape index (κ3) is 15.8. The van der Waals surface area contributed by atoms with Crippen molar-refractivity contribution in [3.8, 4) is 0 Å². The quantitative estimate of drug-likeness (QED) is 0.364. The van der Waals surface area contributed by atoms with Gasteiger partial charge in [0.2, 0.25) is 0 Å². The van der Waals surface area contributed by atoms with Crippen LogP contribution in [0.4, 0.5) is 0 Å². The monoisotopic (exact) mass is 232 g/mol. The van der Waals surface area contributed by atoms with E-state index in [4.69, 9.17) is 9.79 Å². The summed E-state index contributed by atoms with van der Waals surface area (Å²) in [6, 6.07) is 0. The molecule has 0 aromatic heterocycles. The molecule has 0 aromatic carbocycles. The van der Waals surface area contributed by atoms with Gasteiger partial charge < -0.3 is 14.3 Å². The van der Waals surface area contributed by atoms with Crippen LogP contribution in [0.25, 0.3) is 0 Å². The molecule has 0 saturated carbocycles. The molecule has 0 bridgehead atoms. The van der Waals surface area contributed by atoms with Crippen LogP contribution in [0.2, 0.25) is 0 Å². The Balaban J connectivity index is 0. The summed E-state index contributed by atoms with van der Waals surface area (Å²) in [7, 11) is -2.13. The molecule has 0 aliphatic carbocycles. The predicted octanol–water partition coefficient (Wildman–Crippen LogP) is 2.32. The second kappa shape index (κ2) is 14.3. The van der Waals surface area contributed by atoms with Crippen molar-refractivity contribution in [2.24, 2.45) is 0 Å². The molecule has 0 spiro atoms. The fraction of sp³-hybridized carbons (Fsp3) is 1.00. The first kappa shape index (κ1) is 17.7. The maximum absolute atomic E-state index is 8.42. The van der Waals surface area contributed by atoms with Crippen molar-refractivity contribution in [1.29, 1.82) is 0 Å². The van der Waals surface area contributed by atoms with Crippen LogP contribution >= 0.6 is 8.60 Å². The summed E-state index contributed by atoms with van der Waals surface area (Å²) < 4.78 is 4.65. The molecule has 0 radical (unpaired) electrons. The molecule has 0 rings (SSSR count). The van der Waals surface area contributed by atoms with E-state index in [1.807, 2.05) is 0 Å². The van der Waals surface area contributed by atoms with Crippen LogP contribution in [-0.2, 0) is 4.52 Å². The summed E-state index contributed by atoms with van der Waals surface area (Å²) in [5.41, 5.74) is 0. The topological polar surface area (TPSA) is 49.7 Å². The number of hydrogen-bond donors (Lipinski definition) is 2. The summed E-state index contributed by atoms with van der Waals surface area (Å²) in [5.74, 6) is 0. The van der Waals surface area contributed by atoms with E-state index < -0.39 is 8.60 Å². The summed E-state index contributed by atoms with van der Waals surface area (Å²) in [5, 5.41) is 0. The van der Waals surface area contributed by atoms with Gasteiger partial charge in [-0.2, -0.15) is 0 Å².